The monoisotopic (exact) mass is 250 g/mol. The van der Waals surface area contributed by atoms with Gasteiger partial charge in [-0.25, -0.2) is 0 Å². The summed E-state index contributed by atoms with van der Waals surface area (Å²) in [6, 6.07) is 0. The molecule has 0 aromatic carbocycles. The van der Waals surface area contributed by atoms with Gasteiger partial charge in [0, 0.05) is 4.43 Å². The van der Waals surface area contributed by atoms with Crippen molar-refractivity contribution in [2.24, 2.45) is 0 Å². The van der Waals surface area contributed by atoms with E-state index in [0.29, 0.717) is 0 Å². The Balaban J connectivity index is 4.10. The highest BCUT2D eigenvalue weighted by atomic mass is 127. The van der Waals surface area contributed by atoms with Gasteiger partial charge >= 0.3 is 0 Å². The molecule has 10 heavy (non-hydrogen) atoms. The molecule has 0 N–H and O–H groups in total. The van der Waals surface area contributed by atoms with Gasteiger partial charge in [-0.3, -0.25) is 0 Å². The summed E-state index contributed by atoms with van der Waals surface area (Å²) >= 11 is 2.40. The molecule has 0 saturated carbocycles. The molecule has 0 unspecified atom stereocenters. The quantitative estimate of drug-likeness (QED) is 0.407. The van der Waals surface area contributed by atoms with Gasteiger partial charge in [0.15, 0.2) is 0 Å². The second kappa shape index (κ2) is 5.96. The maximum Gasteiger partial charge on any atom is 0.0209 e. The van der Waals surface area contributed by atoms with E-state index >= 15 is 0 Å². The molecule has 0 rings (SSSR count). The molecular formula is C9H15I. The Morgan fingerprint density at radius 1 is 1.50 bits per heavy atom. The summed E-state index contributed by atoms with van der Waals surface area (Å²) in [4.78, 5) is 0. The Kier molecular flexibility index (Phi) is 6.08. The largest absolute Gasteiger partial charge is 0.0847 e. The summed E-state index contributed by atoms with van der Waals surface area (Å²) in [6.45, 7) is 6.42. The van der Waals surface area contributed by atoms with E-state index in [4.69, 9.17) is 0 Å². The first kappa shape index (κ1) is 10.2. The maximum absolute atomic E-state index is 2.40. The van der Waals surface area contributed by atoms with E-state index in [1.807, 2.05) is 0 Å². The molecule has 0 amide bonds. The third-order valence-corrected chi connectivity index (χ3v) is 2.49. The number of hydrogen-bond donors (Lipinski definition) is 0. The van der Waals surface area contributed by atoms with Crippen LogP contribution in [-0.4, -0.2) is 4.43 Å². The van der Waals surface area contributed by atoms with Gasteiger partial charge in [-0.1, -0.05) is 52.8 Å². The predicted molar refractivity (Wildman–Crippen MR) is 56.7 cm³/mol. The lowest BCUT2D eigenvalue weighted by Crippen LogP contribution is -1.81. The van der Waals surface area contributed by atoms with E-state index in [-0.39, 0.29) is 0 Å². The van der Waals surface area contributed by atoms with E-state index in [1.54, 1.807) is 0 Å². The molecule has 0 radical (unpaired) electrons. The average molecular weight is 250 g/mol. The zero-order valence-electron chi connectivity index (χ0n) is 6.95. The van der Waals surface area contributed by atoms with E-state index in [9.17, 15) is 0 Å². The van der Waals surface area contributed by atoms with Crippen LogP contribution in [0.4, 0.5) is 0 Å². The third-order valence-electron chi connectivity index (χ3n) is 1.51. The highest BCUT2D eigenvalue weighted by Gasteiger charge is 1.89. The van der Waals surface area contributed by atoms with Crippen LogP contribution >= 0.6 is 22.6 Å². The molecule has 0 aromatic heterocycles. The number of alkyl halides is 1. The Bertz CT molecular complexity index is 137. The lowest BCUT2D eigenvalue weighted by atomic mass is 10.1. The van der Waals surface area contributed by atoms with Crippen LogP contribution in [0.5, 0.6) is 0 Å². The van der Waals surface area contributed by atoms with Crippen LogP contribution in [0.15, 0.2) is 23.3 Å². The highest BCUT2D eigenvalue weighted by Crippen LogP contribution is 2.08. The maximum atomic E-state index is 2.40. The number of rotatable bonds is 3. The van der Waals surface area contributed by atoms with Crippen LogP contribution in [0, 0.1) is 0 Å². The molecule has 0 heterocycles. The minimum Gasteiger partial charge on any atom is -0.0847 e. The van der Waals surface area contributed by atoms with Crippen molar-refractivity contribution in [3.8, 4) is 0 Å². The first-order valence-electron chi connectivity index (χ1n) is 3.62. The lowest BCUT2D eigenvalue weighted by molar-refractivity contribution is 1.11. The molecule has 0 aliphatic rings. The van der Waals surface area contributed by atoms with Crippen molar-refractivity contribution in [2.75, 3.05) is 4.43 Å². The number of allylic oxidation sites excluding steroid dienone is 4. The van der Waals surface area contributed by atoms with E-state index < -0.39 is 0 Å². The van der Waals surface area contributed by atoms with Crippen LogP contribution in [0.25, 0.3) is 0 Å². The molecule has 58 valence electrons. The van der Waals surface area contributed by atoms with Crippen LogP contribution in [-0.2, 0) is 0 Å². The van der Waals surface area contributed by atoms with Crippen molar-refractivity contribution >= 4 is 22.6 Å². The number of halogens is 1. The number of hydrogen-bond acceptors (Lipinski definition) is 0. The fourth-order valence-electron chi connectivity index (χ4n) is 0.640. The van der Waals surface area contributed by atoms with Crippen LogP contribution in [0.2, 0.25) is 0 Å². The Morgan fingerprint density at radius 3 is 2.40 bits per heavy atom. The third kappa shape index (κ3) is 4.09. The SMILES string of the molecule is C/C=C(C)\C=C(/CC)CI. The topological polar surface area (TPSA) is 0 Å². The van der Waals surface area contributed by atoms with Crippen LogP contribution in [0.3, 0.4) is 0 Å². The molecule has 0 fully saturated rings. The van der Waals surface area contributed by atoms with Gasteiger partial charge in [-0.05, 0) is 20.3 Å². The van der Waals surface area contributed by atoms with E-state index in [2.05, 4.69) is 55.5 Å². The van der Waals surface area contributed by atoms with Crippen molar-refractivity contribution in [1.82, 2.24) is 0 Å². The van der Waals surface area contributed by atoms with Gasteiger partial charge < -0.3 is 0 Å². The molecule has 0 aromatic rings. The summed E-state index contributed by atoms with van der Waals surface area (Å²) in [6.07, 6.45) is 5.59. The molecule has 0 aliphatic carbocycles. The first-order chi connectivity index (χ1) is 4.74. The fraction of sp³-hybridized carbons (Fsp3) is 0.556. The van der Waals surface area contributed by atoms with Crippen molar-refractivity contribution in [3.05, 3.63) is 23.3 Å². The average Bonchev–Trinajstić information content (AvgIpc) is 1.99. The molecule has 0 spiro atoms. The minimum atomic E-state index is 1.15. The zero-order valence-corrected chi connectivity index (χ0v) is 9.10. The molecule has 0 nitrogen and oxygen atoms in total. The minimum absolute atomic E-state index is 1.15. The van der Waals surface area contributed by atoms with Crippen LogP contribution < -0.4 is 0 Å². The molecule has 0 atom stereocenters. The van der Waals surface area contributed by atoms with Crippen molar-refractivity contribution in [2.45, 2.75) is 27.2 Å². The van der Waals surface area contributed by atoms with Crippen molar-refractivity contribution in [1.29, 1.82) is 0 Å². The summed E-state index contributed by atoms with van der Waals surface area (Å²) in [7, 11) is 0. The Labute approximate surface area is 77.5 Å². The fourth-order valence-corrected chi connectivity index (χ4v) is 1.40. The standard InChI is InChI=1S/C9H15I/c1-4-8(3)6-9(5-2)7-10/h4,6H,5,7H2,1-3H3/b8-4-,9-6+. The molecular weight excluding hydrogens is 235 g/mol. The van der Waals surface area contributed by atoms with Gasteiger partial charge in [0.25, 0.3) is 0 Å². The lowest BCUT2D eigenvalue weighted by Gasteiger charge is -1.97. The second-order valence-electron chi connectivity index (χ2n) is 2.32. The zero-order chi connectivity index (χ0) is 7.98. The molecule has 0 saturated heterocycles. The Morgan fingerprint density at radius 2 is 2.10 bits per heavy atom. The smallest absolute Gasteiger partial charge is 0.0209 e. The normalized spacial score (nSPS) is 14.0. The molecule has 0 aliphatic heterocycles. The van der Waals surface area contributed by atoms with Crippen molar-refractivity contribution in [3.63, 3.8) is 0 Å². The van der Waals surface area contributed by atoms with Gasteiger partial charge in [0.2, 0.25) is 0 Å². The van der Waals surface area contributed by atoms with Gasteiger partial charge in [-0.15, -0.1) is 0 Å². The van der Waals surface area contributed by atoms with E-state index in [0.717, 1.165) is 4.43 Å². The predicted octanol–water partition coefficient (Wildman–Crippen LogP) is 3.72. The van der Waals surface area contributed by atoms with E-state index in [1.165, 1.54) is 17.6 Å². The van der Waals surface area contributed by atoms with Crippen molar-refractivity contribution < 1.29 is 0 Å². The Hall–Kier alpha value is 0.210. The van der Waals surface area contributed by atoms with Gasteiger partial charge in [0.05, 0.1) is 0 Å². The summed E-state index contributed by atoms with van der Waals surface area (Å²) < 4.78 is 1.15. The van der Waals surface area contributed by atoms with Gasteiger partial charge in [0.1, 0.15) is 0 Å². The van der Waals surface area contributed by atoms with Gasteiger partial charge in [-0.2, -0.15) is 0 Å². The highest BCUT2D eigenvalue weighted by molar-refractivity contribution is 14.1. The second-order valence-corrected chi connectivity index (χ2v) is 3.09. The molecule has 0 bridgehead atoms. The first-order valence-corrected chi connectivity index (χ1v) is 5.15. The summed E-state index contributed by atoms with van der Waals surface area (Å²) in [5, 5.41) is 0. The summed E-state index contributed by atoms with van der Waals surface area (Å²) in [5.41, 5.74) is 2.89. The van der Waals surface area contributed by atoms with Crippen LogP contribution in [0.1, 0.15) is 27.2 Å². The molecule has 1 heteroatoms. The summed E-state index contributed by atoms with van der Waals surface area (Å²) in [5.74, 6) is 0.